The number of hydrogen-bond acceptors (Lipinski definition) is 6. The van der Waals surface area contributed by atoms with Crippen molar-refractivity contribution in [2.45, 2.75) is 40.0 Å². The van der Waals surface area contributed by atoms with Crippen LogP contribution in [0.3, 0.4) is 0 Å². The number of carbonyl (C=O) groups excluding carboxylic acids is 2. The van der Waals surface area contributed by atoms with Crippen LogP contribution in [0.15, 0.2) is 23.6 Å². The number of rotatable bonds is 7. The first-order valence-corrected chi connectivity index (χ1v) is 11.6. The molecule has 31 heavy (non-hydrogen) atoms. The number of hydrogen-bond donors (Lipinski definition) is 1. The lowest BCUT2D eigenvalue weighted by Gasteiger charge is -2.30. The molecule has 3 rings (SSSR count). The number of nitrogens with one attached hydrogen (secondary N) is 1. The zero-order chi connectivity index (χ0) is 22.4. The second-order valence-electron chi connectivity index (χ2n) is 7.89. The van der Waals surface area contributed by atoms with Gasteiger partial charge in [0.25, 0.3) is 0 Å². The maximum absolute atomic E-state index is 12.9. The molecular formula is C24H29N3O3S. The number of aryl methyl sites for hydroxylation is 2. The van der Waals surface area contributed by atoms with Gasteiger partial charge in [-0.1, -0.05) is 18.2 Å². The van der Waals surface area contributed by atoms with Gasteiger partial charge in [-0.15, -0.1) is 11.3 Å². The molecule has 1 fully saturated rings. The Labute approximate surface area is 187 Å². The summed E-state index contributed by atoms with van der Waals surface area (Å²) in [5, 5.41) is 14.2. The Balaban J connectivity index is 1.79. The lowest BCUT2D eigenvalue weighted by molar-refractivity contribution is -0.121. The first kappa shape index (κ1) is 23.0. The molecule has 1 aliphatic heterocycles. The van der Waals surface area contributed by atoms with Crippen LogP contribution in [0, 0.1) is 31.1 Å². The normalized spacial score (nSPS) is 14.8. The summed E-state index contributed by atoms with van der Waals surface area (Å²) in [4.78, 5) is 27.9. The predicted molar refractivity (Wildman–Crippen MR) is 123 cm³/mol. The molecule has 0 atom stereocenters. The van der Waals surface area contributed by atoms with E-state index in [1.807, 2.05) is 24.4 Å². The zero-order valence-electron chi connectivity index (χ0n) is 18.4. The molecular weight excluding hydrogens is 410 g/mol. The maximum Gasteiger partial charge on any atom is 0.341 e. The van der Waals surface area contributed by atoms with Crippen molar-refractivity contribution < 1.29 is 14.3 Å². The van der Waals surface area contributed by atoms with Gasteiger partial charge in [0.2, 0.25) is 5.91 Å². The van der Waals surface area contributed by atoms with Gasteiger partial charge in [0.15, 0.2) is 0 Å². The van der Waals surface area contributed by atoms with E-state index in [2.05, 4.69) is 29.3 Å². The van der Waals surface area contributed by atoms with Gasteiger partial charge in [0, 0.05) is 29.8 Å². The van der Waals surface area contributed by atoms with Crippen molar-refractivity contribution in [3.8, 4) is 17.2 Å². The quantitative estimate of drug-likeness (QED) is 0.628. The van der Waals surface area contributed by atoms with Crippen LogP contribution in [-0.2, 0) is 9.53 Å². The van der Waals surface area contributed by atoms with Gasteiger partial charge in [-0.25, -0.2) is 4.79 Å². The van der Waals surface area contributed by atoms with Crippen molar-refractivity contribution >= 4 is 28.2 Å². The fraction of sp³-hybridized carbons (Fsp3) is 0.458. The van der Waals surface area contributed by atoms with Gasteiger partial charge in [0.05, 0.1) is 12.7 Å². The number of amides is 1. The number of carbonyl (C=O) groups is 2. The maximum atomic E-state index is 12.9. The monoisotopic (exact) mass is 439 g/mol. The minimum atomic E-state index is -0.418. The molecule has 2 aromatic rings. The van der Waals surface area contributed by atoms with Gasteiger partial charge in [-0.2, -0.15) is 5.26 Å². The number of likely N-dealkylation sites (tertiary alicyclic amines) is 1. The van der Waals surface area contributed by atoms with Crippen molar-refractivity contribution in [3.05, 3.63) is 40.3 Å². The number of ether oxygens (including phenoxy) is 1. The van der Waals surface area contributed by atoms with Gasteiger partial charge >= 0.3 is 5.97 Å². The van der Waals surface area contributed by atoms with Crippen molar-refractivity contribution in [3.63, 3.8) is 0 Å². The summed E-state index contributed by atoms with van der Waals surface area (Å²) in [5.74, 6) is -0.571. The highest BCUT2D eigenvalue weighted by atomic mass is 32.1. The first-order chi connectivity index (χ1) is 14.9. The van der Waals surface area contributed by atoms with Crippen molar-refractivity contribution in [1.82, 2.24) is 4.90 Å². The third kappa shape index (κ3) is 5.52. The van der Waals surface area contributed by atoms with Crippen LogP contribution in [0.4, 0.5) is 5.00 Å². The highest BCUT2D eigenvalue weighted by molar-refractivity contribution is 7.15. The highest BCUT2D eigenvalue weighted by Crippen LogP contribution is 2.37. The predicted octanol–water partition coefficient (Wildman–Crippen LogP) is 4.77. The van der Waals surface area contributed by atoms with Crippen LogP contribution in [0.2, 0.25) is 0 Å². The minimum absolute atomic E-state index is 0.0565. The van der Waals surface area contributed by atoms with Crippen molar-refractivity contribution in [1.29, 1.82) is 5.26 Å². The first-order valence-electron chi connectivity index (χ1n) is 10.7. The van der Waals surface area contributed by atoms with E-state index in [-0.39, 0.29) is 18.4 Å². The highest BCUT2D eigenvalue weighted by Gasteiger charge is 2.28. The molecule has 1 aromatic carbocycles. The molecule has 1 amide bonds. The van der Waals surface area contributed by atoms with Crippen molar-refractivity contribution in [2.75, 3.05) is 31.6 Å². The molecule has 0 unspecified atom stereocenters. The van der Waals surface area contributed by atoms with E-state index >= 15 is 0 Å². The number of nitrogens with zero attached hydrogens (tertiary/aromatic N) is 2. The van der Waals surface area contributed by atoms with Gasteiger partial charge < -0.3 is 15.0 Å². The second-order valence-corrected chi connectivity index (χ2v) is 8.77. The van der Waals surface area contributed by atoms with Crippen LogP contribution in [-0.4, -0.2) is 43.0 Å². The fourth-order valence-corrected chi connectivity index (χ4v) is 4.78. The molecule has 0 saturated carbocycles. The van der Waals surface area contributed by atoms with Crippen molar-refractivity contribution in [2.24, 2.45) is 5.92 Å². The van der Waals surface area contributed by atoms with Gasteiger partial charge in [-0.3, -0.25) is 4.79 Å². The zero-order valence-corrected chi connectivity index (χ0v) is 19.2. The Morgan fingerprint density at radius 2 is 2.00 bits per heavy atom. The lowest BCUT2D eigenvalue weighted by atomic mass is 9.95. The number of benzene rings is 1. The van der Waals surface area contributed by atoms with E-state index < -0.39 is 5.97 Å². The van der Waals surface area contributed by atoms with E-state index in [0.717, 1.165) is 49.2 Å². The number of esters is 1. The SMILES string of the molecule is CCOC(=O)c1c(-c2ccc(C)c(C)c2)csc1NC(=O)C1CCN(CCC#N)CC1. The van der Waals surface area contributed by atoms with E-state index in [9.17, 15) is 9.59 Å². The second kappa shape index (κ2) is 10.6. The fourth-order valence-electron chi connectivity index (χ4n) is 3.82. The van der Waals surface area contributed by atoms with Gasteiger partial charge in [0.1, 0.15) is 10.6 Å². The Morgan fingerprint density at radius 3 is 2.65 bits per heavy atom. The summed E-state index contributed by atoms with van der Waals surface area (Å²) in [5.41, 5.74) is 4.48. The third-order valence-electron chi connectivity index (χ3n) is 5.82. The molecule has 1 aliphatic rings. The smallest absolute Gasteiger partial charge is 0.341 e. The average molecular weight is 440 g/mol. The molecule has 1 aromatic heterocycles. The number of nitriles is 1. The molecule has 0 radical (unpaired) electrons. The summed E-state index contributed by atoms with van der Waals surface area (Å²) in [6.45, 7) is 8.51. The summed E-state index contributed by atoms with van der Waals surface area (Å²) in [7, 11) is 0. The van der Waals surface area contributed by atoms with Gasteiger partial charge in [-0.05, 0) is 63.4 Å². The van der Waals surface area contributed by atoms with E-state index in [1.165, 1.54) is 16.9 Å². The molecule has 0 aliphatic carbocycles. The van der Waals surface area contributed by atoms with Crippen LogP contribution in [0.5, 0.6) is 0 Å². The third-order valence-corrected chi connectivity index (χ3v) is 6.72. The number of thiophene rings is 1. The Kier molecular flexibility index (Phi) is 7.83. The van der Waals surface area contributed by atoms with Crippen LogP contribution >= 0.6 is 11.3 Å². The Hall–Kier alpha value is -2.69. The summed E-state index contributed by atoms with van der Waals surface area (Å²) >= 11 is 1.36. The Bertz CT molecular complexity index is 984. The molecule has 6 nitrogen and oxygen atoms in total. The summed E-state index contributed by atoms with van der Waals surface area (Å²) < 4.78 is 5.31. The van der Waals surface area contributed by atoms with E-state index in [1.54, 1.807) is 6.92 Å². The van der Waals surface area contributed by atoms with Crippen LogP contribution < -0.4 is 5.32 Å². The summed E-state index contributed by atoms with van der Waals surface area (Å²) in [6.07, 6.45) is 2.01. The largest absolute Gasteiger partial charge is 0.462 e. The minimum Gasteiger partial charge on any atom is -0.462 e. The molecule has 1 N–H and O–H groups in total. The molecule has 0 bridgehead atoms. The topological polar surface area (TPSA) is 82.4 Å². The molecule has 7 heteroatoms. The van der Waals surface area contributed by atoms with Crippen LogP contribution in [0.25, 0.3) is 11.1 Å². The van der Waals surface area contributed by atoms with Crippen LogP contribution in [0.1, 0.15) is 47.7 Å². The molecule has 2 heterocycles. The molecule has 164 valence electrons. The average Bonchev–Trinajstić information content (AvgIpc) is 3.18. The number of anilines is 1. The number of piperidine rings is 1. The Morgan fingerprint density at radius 1 is 1.26 bits per heavy atom. The summed E-state index contributed by atoms with van der Waals surface area (Å²) in [6, 6.07) is 8.26. The van der Waals surface area contributed by atoms with E-state index in [0.29, 0.717) is 17.0 Å². The standard InChI is InChI=1S/C24H29N3O3S/c1-4-30-24(29)21-20(19-7-6-16(2)17(3)14-19)15-31-23(21)26-22(28)18-8-12-27(13-9-18)11-5-10-25/h6-7,14-15,18H,4-5,8-9,11-13H2,1-3H3,(H,26,28). The molecule has 0 spiro atoms. The van der Waals surface area contributed by atoms with E-state index in [4.69, 9.17) is 10.00 Å². The lowest BCUT2D eigenvalue weighted by Crippen LogP contribution is -2.38. The molecule has 1 saturated heterocycles.